The molecule has 0 aromatic carbocycles. The maximum absolute atomic E-state index is 9.53. The predicted octanol–water partition coefficient (Wildman–Crippen LogP) is 0.660. The van der Waals surface area contributed by atoms with E-state index in [2.05, 4.69) is 10.2 Å². The van der Waals surface area contributed by atoms with Crippen LogP contribution in [0, 0.1) is 5.92 Å². The first kappa shape index (κ1) is 9.67. The van der Waals surface area contributed by atoms with Gasteiger partial charge in [0.15, 0.2) is 0 Å². The van der Waals surface area contributed by atoms with Crippen molar-refractivity contribution in [2.24, 2.45) is 5.92 Å². The van der Waals surface area contributed by atoms with E-state index in [0.29, 0.717) is 16.9 Å². The van der Waals surface area contributed by atoms with Gasteiger partial charge in [-0.3, -0.25) is 0 Å². The average Bonchev–Trinajstić information content (AvgIpc) is 2.72. The quantitative estimate of drug-likeness (QED) is 0.774. The molecule has 0 unspecified atom stereocenters. The Kier molecular flexibility index (Phi) is 2.83. The number of anilines is 1. The molecule has 0 aliphatic heterocycles. The Morgan fingerprint density at radius 2 is 2.36 bits per heavy atom. The Bertz CT molecular complexity index is 305. The second kappa shape index (κ2) is 4.10. The molecule has 3 N–H and O–H groups in total. The minimum atomic E-state index is -0.222. The summed E-state index contributed by atoms with van der Waals surface area (Å²) in [6, 6.07) is 0. The summed E-state index contributed by atoms with van der Waals surface area (Å²) in [5.41, 5.74) is 5.41. The van der Waals surface area contributed by atoms with E-state index in [4.69, 9.17) is 10.5 Å². The van der Waals surface area contributed by atoms with E-state index in [1.165, 1.54) is 11.3 Å². The number of hydrogen-bond acceptors (Lipinski definition) is 6. The topological polar surface area (TPSA) is 81.3 Å². The van der Waals surface area contributed by atoms with Crippen LogP contribution in [0.15, 0.2) is 0 Å². The zero-order chi connectivity index (χ0) is 9.97. The molecule has 0 amide bonds. The van der Waals surface area contributed by atoms with Crippen molar-refractivity contribution in [3.05, 3.63) is 0 Å². The summed E-state index contributed by atoms with van der Waals surface area (Å²) in [4.78, 5) is 0. The second-order valence-corrected chi connectivity index (χ2v) is 4.45. The van der Waals surface area contributed by atoms with E-state index in [0.717, 1.165) is 19.3 Å². The second-order valence-electron chi connectivity index (χ2n) is 3.48. The van der Waals surface area contributed by atoms with E-state index in [1.807, 2.05) is 0 Å². The van der Waals surface area contributed by atoms with Gasteiger partial charge >= 0.3 is 0 Å². The Morgan fingerprint density at radius 3 is 2.93 bits per heavy atom. The fourth-order valence-corrected chi connectivity index (χ4v) is 2.14. The Hall–Kier alpha value is -0.880. The van der Waals surface area contributed by atoms with Crippen LogP contribution in [0.2, 0.25) is 0 Å². The van der Waals surface area contributed by atoms with E-state index >= 15 is 0 Å². The molecule has 1 heterocycles. The van der Waals surface area contributed by atoms with Crippen LogP contribution < -0.4 is 10.5 Å². The molecule has 1 fully saturated rings. The summed E-state index contributed by atoms with van der Waals surface area (Å²) in [6.07, 6.45) is 2.76. The fraction of sp³-hybridized carbons (Fsp3) is 0.750. The lowest BCUT2D eigenvalue weighted by Crippen LogP contribution is -2.20. The van der Waals surface area contributed by atoms with Gasteiger partial charge in [-0.15, -0.1) is 5.10 Å². The van der Waals surface area contributed by atoms with Crippen LogP contribution in [0.1, 0.15) is 19.3 Å². The van der Waals surface area contributed by atoms with Crippen LogP contribution in [0.5, 0.6) is 5.19 Å². The molecule has 1 aliphatic carbocycles. The molecule has 78 valence electrons. The third kappa shape index (κ3) is 2.13. The zero-order valence-corrected chi connectivity index (χ0v) is 8.54. The zero-order valence-electron chi connectivity index (χ0n) is 7.72. The summed E-state index contributed by atoms with van der Waals surface area (Å²) < 4.78 is 5.39. The Balaban J connectivity index is 1.82. The summed E-state index contributed by atoms with van der Waals surface area (Å²) in [6.45, 7) is 0.510. The van der Waals surface area contributed by atoms with Crippen molar-refractivity contribution in [2.45, 2.75) is 25.4 Å². The average molecular weight is 215 g/mol. The SMILES string of the molecule is Nc1nnc(OC[C@H]2CCC[C@@H]2O)s1. The highest BCUT2D eigenvalue weighted by Gasteiger charge is 2.25. The number of nitrogens with two attached hydrogens (primary N) is 1. The number of aromatic nitrogens is 2. The lowest BCUT2D eigenvalue weighted by Gasteiger charge is -2.13. The largest absolute Gasteiger partial charge is 0.469 e. The molecule has 0 spiro atoms. The van der Waals surface area contributed by atoms with Gasteiger partial charge in [0.25, 0.3) is 5.19 Å². The number of rotatable bonds is 3. The van der Waals surface area contributed by atoms with Crippen molar-refractivity contribution in [3.63, 3.8) is 0 Å². The number of nitrogen functional groups attached to an aromatic ring is 1. The predicted molar refractivity (Wildman–Crippen MR) is 53.2 cm³/mol. The smallest absolute Gasteiger partial charge is 0.295 e. The normalized spacial score (nSPS) is 26.6. The molecule has 2 rings (SSSR count). The van der Waals surface area contributed by atoms with Gasteiger partial charge in [0, 0.05) is 5.92 Å². The van der Waals surface area contributed by atoms with E-state index in [1.54, 1.807) is 0 Å². The minimum Gasteiger partial charge on any atom is -0.469 e. The van der Waals surface area contributed by atoms with Crippen molar-refractivity contribution in [2.75, 3.05) is 12.3 Å². The van der Waals surface area contributed by atoms with E-state index in [9.17, 15) is 5.11 Å². The molecule has 1 saturated carbocycles. The molecule has 1 aliphatic rings. The molecule has 2 atom stereocenters. The van der Waals surface area contributed by atoms with Gasteiger partial charge in [-0.25, -0.2) is 0 Å². The number of aliphatic hydroxyl groups is 1. The van der Waals surface area contributed by atoms with Crippen molar-refractivity contribution >= 4 is 16.5 Å². The third-order valence-electron chi connectivity index (χ3n) is 2.46. The van der Waals surface area contributed by atoms with Gasteiger partial charge in [-0.05, 0) is 24.2 Å². The molecule has 0 saturated heterocycles. The lowest BCUT2D eigenvalue weighted by molar-refractivity contribution is 0.0982. The third-order valence-corrected chi connectivity index (χ3v) is 3.13. The molecule has 5 nitrogen and oxygen atoms in total. The van der Waals surface area contributed by atoms with Gasteiger partial charge in [-0.2, -0.15) is 0 Å². The highest BCUT2D eigenvalue weighted by Crippen LogP contribution is 2.27. The highest BCUT2D eigenvalue weighted by atomic mass is 32.1. The monoisotopic (exact) mass is 215 g/mol. The van der Waals surface area contributed by atoms with Crippen LogP contribution in [-0.2, 0) is 0 Å². The van der Waals surface area contributed by atoms with Crippen LogP contribution in [0.3, 0.4) is 0 Å². The first-order chi connectivity index (χ1) is 6.75. The summed E-state index contributed by atoms with van der Waals surface area (Å²) in [7, 11) is 0. The lowest BCUT2D eigenvalue weighted by atomic mass is 10.1. The van der Waals surface area contributed by atoms with E-state index in [-0.39, 0.29) is 12.0 Å². The number of hydrogen-bond donors (Lipinski definition) is 2. The minimum absolute atomic E-state index is 0.222. The van der Waals surface area contributed by atoms with E-state index < -0.39 is 0 Å². The fourth-order valence-electron chi connectivity index (χ4n) is 1.67. The molecule has 0 bridgehead atoms. The van der Waals surface area contributed by atoms with Gasteiger partial charge in [-0.1, -0.05) is 11.5 Å². The number of aliphatic hydroxyl groups excluding tert-OH is 1. The van der Waals surface area contributed by atoms with Gasteiger partial charge in [0.05, 0.1) is 12.7 Å². The van der Waals surface area contributed by atoms with Crippen molar-refractivity contribution in [1.82, 2.24) is 10.2 Å². The standard InChI is InChI=1S/C8H13N3O2S/c9-7-10-11-8(14-7)13-4-5-2-1-3-6(5)12/h5-6,12H,1-4H2,(H2,9,10)/t5-,6+/m1/s1. The number of ether oxygens (including phenoxy) is 1. The maximum atomic E-state index is 9.53. The highest BCUT2D eigenvalue weighted by molar-refractivity contribution is 7.16. The number of nitrogens with zero attached hydrogens (tertiary/aromatic N) is 2. The maximum Gasteiger partial charge on any atom is 0.295 e. The Labute approximate surface area is 85.9 Å². The van der Waals surface area contributed by atoms with Crippen LogP contribution in [0.4, 0.5) is 5.13 Å². The van der Waals surface area contributed by atoms with Crippen LogP contribution >= 0.6 is 11.3 Å². The molecular formula is C8H13N3O2S. The summed E-state index contributed by atoms with van der Waals surface area (Å²) >= 11 is 1.22. The van der Waals surface area contributed by atoms with Crippen LogP contribution in [-0.4, -0.2) is 28.0 Å². The summed E-state index contributed by atoms with van der Waals surface area (Å²) in [5, 5.41) is 17.8. The molecule has 0 radical (unpaired) electrons. The molecule has 1 aromatic rings. The molecule has 6 heteroatoms. The Morgan fingerprint density at radius 1 is 1.50 bits per heavy atom. The summed E-state index contributed by atoms with van der Waals surface area (Å²) in [5.74, 6) is 0.236. The van der Waals surface area contributed by atoms with Crippen LogP contribution in [0.25, 0.3) is 0 Å². The van der Waals surface area contributed by atoms with Gasteiger partial charge < -0.3 is 15.6 Å². The molecule has 14 heavy (non-hydrogen) atoms. The van der Waals surface area contributed by atoms with Gasteiger partial charge in [0.1, 0.15) is 0 Å². The first-order valence-corrected chi connectivity index (χ1v) is 5.47. The van der Waals surface area contributed by atoms with Crippen molar-refractivity contribution < 1.29 is 9.84 Å². The van der Waals surface area contributed by atoms with Crippen molar-refractivity contribution in [1.29, 1.82) is 0 Å². The first-order valence-electron chi connectivity index (χ1n) is 4.65. The van der Waals surface area contributed by atoms with Crippen molar-refractivity contribution in [3.8, 4) is 5.19 Å². The van der Waals surface area contributed by atoms with Gasteiger partial charge in [0.2, 0.25) is 5.13 Å². The molecule has 1 aromatic heterocycles. The molecular weight excluding hydrogens is 202 g/mol.